The highest BCUT2D eigenvalue weighted by atomic mass is 35.5. The van der Waals surface area contributed by atoms with E-state index in [1.807, 2.05) is 0 Å². The van der Waals surface area contributed by atoms with Gasteiger partial charge in [-0.2, -0.15) is 9.40 Å². The molecule has 0 atom stereocenters. The summed E-state index contributed by atoms with van der Waals surface area (Å²) in [5.74, 6) is -0.502. The molecule has 1 saturated heterocycles. The monoisotopic (exact) mass is 493 g/mol. The van der Waals surface area contributed by atoms with Crippen LogP contribution in [0.2, 0.25) is 10.0 Å². The summed E-state index contributed by atoms with van der Waals surface area (Å²) in [6.07, 6.45) is 6.46. The zero-order chi connectivity index (χ0) is 22.7. The number of amides is 1. The number of carbonyl (C=O) groups is 1. The Bertz CT molecular complexity index is 1220. The number of carbonyl (C=O) groups excluding carboxylic acids is 1. The van der Waals surface area contributed by atoms with Crippen molar-refractivity contribution in [3.05, 3.63) is 64.7 Å². The van der Waals surface area contributed by atoms with Crippen LogP contribution in [0.25, 0.3) is 5.69 Å². The van der Waals surface area contributed by atoms with Gasteiger partial charge in [-0.1, -0.05) is 36.0 Å². The molecule has 0 spiro atoms. The lowest BCUT2D eigenvalue weighted by Crippen LogP contribution is -2.32. The van der Waals surface area contributed by atoms with Crippen molar-refractivity contribution in [1.29, 1.82) is 0 Å². The van der Waals surface area contributed by atoms with Crippen LogP contribution in [0.15, 0.2) is 53.9 Å². The Kier molecular flexibility index (Phi) is 6.80. The third-order valence-corrected chi connectivity index (χ3v) is 7.86. The standard InChI is InChI=1S/C21H21Cl2N5O3S/c22-16-6-8-19(28-14-24-13-25-28)18(12-16)26-21(29)15-5-7-17(23)20(11-15)32(30,31)27-9-3-1-2-4-10-27/h5-8,11-14H,1-4,9-10H2,(H,26,29). The van der Waals surface area contributed by atoms with Crippen molar-refractivity contribution in [3.63, 3.8) is 0 Å². The second kappa shape index (κ2) is 9.58. The first-order valence-electron chi connectivity index (χ1n) is 10.1. The molecule has 2 heterocycles. The van der Waals surface area contributed by atoms with Gasteiger partial charge in [-0.25, -0.2) is 18.1 Å². The van der Waals surface area contributed by atoms with E-state index >= 15 is 0 Å². The minimum Gasteiger partial charge on any atom is -0.320 e. The van der Waals surface area contributed by atoms with Crippen LogP contribution in [0.3, 0.4) is 0 Å². The van der Waals surface area contributed by atoms with Gasteiger partial charge in [0, 0.05) is 23.7 Å². The molecule has 1 aliphatic heterocycles. The van der Waals surface area contributed by atoms with E-state index in [0.717, 1.165) is 25.7 Å². The molecule has 0 bridgehead atoms. The summed E-state index contributed by atoms with van der Waals surface area (Å²) in [7, 11) is -3.82. The smallest absolute Gasteiger partial charge is 0.255 e. The number of aromatic nitrogens is 3. The fraction of sp³-hybridized carbons (Fsp3) is 0.286. The van der Waals surface area contributed by atoms with E-state index in [9.17, 15) is 13.2 Å². The summed E-state index contributed by atoms with van der Waals surface area (Å²) in [5.41, 5.74) is 1.12. The van der Waals surface area contributed by atoms with Crippen LogP contribution in [0.4, 0.5) is 5.69 Å². The molecule has 8 nitrogen and oxygen atoms in total. The molecule has 32 heavy (non-hydrogen) atoms. The average molecular weight is 494 g/mol. The third-order valence-electron chi connectivity index (χ3n) is 5.25. The highest BCUT2D eigenvalue weighted by Gasteiger charge is 2.28. The SMILES string of the molecule is O=C(Nc1cc(Cl)ccc1-n1cncn1)c1ccc(Cl)c(S(=O)(=O)N2CCCCCC2)c1. The number of nitrogens with zero attached hydrogens (tertiary/aromatic N) is 4. The van der Waals surface area contributed by atoms with Crippen LogP contribution in [0.5, 0.6) is 0 Å². The summed E-state index contributed by atoms with van der Waals surface area (Å²) >= 11 is 12.4. The Morgan fingerprint density at radius 1 is 1.00 bits per heavy atom. The second-order valence-corrected chi connectivity index (χ2v) is 10.2. The van der Waals surface area contributed by atoms with Gasteiger partial charge in [0.15, 0.2) is 0 Å². The maximum Gasteiger partial charge on any atom is 0.255 e. The molecular formula is C21H21Cl2N5O3S. The van der Waals surface area contributed by atoms with Gasteiger partial charge >= 0.3 is 0 Å². The van der Waals surface area contributed by atoms with E-state index in [4.69, 9.17) is 23.2 Å². The number of sulfonamides is 1. The lowest BCUT2D eigenvalue weighted by molar-refractivity contribution is 0.102. The maximum atomic E-state index is 13.2. The highest BCUT2D eigenvalue weighted by molar-refractivity contribution is 7.89. The summed E-state index contributed by atoms with van der Waals surface area (Å²) in [5, 5.41) is 7.36. The number of nitrogens with one attached hydrogen (secondary N) is 1. The van der Waals surface area contributed by atoms with Crippen molar-refractivity contribution in [2.75, 3.05) is 18.4 Å². The number of halogens is 2. The number of hydrogen-bond donors (Lipinski definition) is 1. The van der Waals surface area contributed by atoms with Crippen LogP contribution in [-0.2, 0) is 10.0 Å². The van der Waals surface area contributed by atoms with Gasteiger partial charge in [0.25, 0.3) is 5.91 Å². The topological polar surface area (TPSA) is 97.2 Å². The normalized spacial score (nSPS) is 15.3. The first-order valence-corrected chi connectivity index (χ1v) is 12.3. The molecule has 0 radical (unpaired) electrons. The van der Waals surface area contributed by atoms with Crippen molar-refractivity contribution in [3.8, 4) is 5.69 Å². The highest BCUT2D eigenvalue weighted by Crippen LogP contribution is 2.29. The number of rotatable bonds is 5. The Morgan fingerprint density at radius 3 is 2.44 bits per heavy atom. The van der Waals surface area contributed by atoms with Crippen LogP contribution in [-0.4, -0.2) is 46.5 Å². The Hall–Kier alpha value is -2.46. The molecule has 1 N–H and O–H groups in total. The molecule has 1 amide bonds. The quantitative estimate of drug-likeness (QED) is 0.568. The van der Waals surface area contributed by atoms with Crippen LogP contribution in [0.1, 0.15) is 36.0 Å². The lowest BCUT2D eigenvalue weighted by Gasteiger charge is -2.21. The molecule has 1 fully saturated rings. The second-order valence-electron chi connectivity index (χ2n) is 7.42. The van der Waals surface area contributed by atoms with Gasteiger partial charge in [0.1, 0.15) is 17.6 Å². The van der Waals surface area contributed by atoms with Crippen molar-refractivity contribution in [1.82, 2.24) is 19.1 Å². The van der Waals surface area contributed by atoms with Gasteiger partial charge in [-0.3, -0.25) is 4.79 Å². The molecule has 0 saturated carbocycles. The molecular weight excluding hydrogens is 473 g/mol. The molecule has 11 heteroatoms. The van der Waals surface area contributed by atoms with Gasteiger partial charge in [0.2, 0.25) is 10.0 Å². The predicted molar refractivity (Wildman–Crippen MR) is 123 cm³/mol. The molecule has 168 valence electrons. The first kappa shape index (κ1) is 22.7. The van der Waals surface area contributed by atoms with Crippen molar-refractivity contribution < 1.29 is 13.2 Å². The van der Waals surface area contributed by atoms with Crippen LogP contribution in [0, 0.1) is 0 Å². The lowest BCUT2D eigenvalue weighted by atomic mass is 10.2. The minimum absolute atomic E-state index is 0.0729. The van der Waals surface area contributed by atoms with Gasteiger partial charge in [-0.15, -0.1) is 0 Å². The van der Waals surface area contributed by atoms with E-state index < -0.39 is 15.9 Å². The summed E-state index contributed by atoms with van der Waals surface area (Å²) < 4.78 is 29.4. The fourth-order valence-electron chi connectivity index (χ4n) is 3.60. The number of benzene rings is 2. The molecule has 0 unspecified atom stereocenters. The summed E-state index contributed by atoms with van der Waals surface area (Å²) in [4.78, 5) is 16.9. The van der Waals surface area contributed by atoms with Crippen LogP contribution < -0.4 is 5.32 Å². The first-order chi connectivity index (χ1) is 15.4. The molecule has 4 rings (SSSR count). The Morgan fingerprint density at radius 2 is 1.75 bits per heavy atom. The van der Waals surface area contributed by atoms with Gasteiger partial charge in [0.05, 0.1) is 16.4 Å². The molecule has 3 aromatic rings. The van der Waals surface area contributed by atoms with Crippen molar-refractivity contribution in [2.45, 2.75) is 30.6 Å². The molecule has 1 aromatic heterocycles. The van der Waals surface area contributed by atoms with E-state index in [2.05, 4.69) is 15.4 Å². The van der Waals surface area contributed by atoms with Crippen LogP contribution >= 0.6 is 23.2 Å². The van der Waals surface area contributed by atoms with E-state index in [0.29, 0.717) is 29.5 Å². The fourth-order valence-corrected chi connectivity index (χ4v) is 5.79. The predicted octanol–water partition coefficient (Wildman–Crippen LogP) is 4.39. The minimum atomic E-state index is -3.82. The summed E-state index contributed by atoms with van der Waals surface area (Å²) in [6, 6.07) is 9.18. The zero-order valence-electron chi connectivity index (χ0n) is 17.0. The third kappa shape index (κ3) is 4.80. The number of anilines is 1. The Labute approximate surface area is 196 Å². The Balaban J connectivity index is 1.65. The number of hydrogen-bond acceptors (Lipinski definition) is 5. The largest absolute Gasteiger partial charge is 0.320 e. The van der Waals surface area contributed by atoms with E-state index in [-0.39, 0.29) is 15.5 Å². The van der Waals surface area contributed by atoms with Gasteiger partial charge in [-0.05, 0) is 49.2 Å². The van der Waals surface area contributed by atoms with E-state index in [1.54, 1.807) is 18.2 Å². The maximum absolute atomic E-state index is 13.2. The molecule has 0 aliphatic carbocycles. The molecule has 1 aliphatic rings. The summed E-state index contributed by atoms with van der Waals surface area (Å²) in [6.45, 7) is 0.887. The average Bonchev–Trinajstić information content (AvgIpc) is 3.14. The zero-order valence-corrected chi connectivity index (χ0v) is 19.4. The van der Waals surface area contributed by atoms with Crippen molar-refractivity contribution >= 4 is 44.8 Å². The van der Waals surface area contributed by atoms with Gasteiger partial charge < -0.3 is 5.32 Å². The van der Waals surface area contributed by atoms with E-state index in [1.165, 1.54) is 39.8 Å². The van der Waals surface area contributed by atoms with Crippen molar-refractivity contribution in [2.24, 2.45) is 0 Å². The molecule has 2 aromatic carbocycles.